The number of aliphatic imine (C=N–C) groups is 1. The van der Waals surface area contributed by atoms with Crippen molar-refractivity contribution in [1.29, 1.82) is 0 Å². The molecule has 0 amide bonds. The van der Waals surface area contributed by atoms with Crippen molar-refractivity contribution in [3.05, 3.63) is 18.0 Å². The molecule has 0 bridgehead atoms. The van der Waals surface area contributed by atoms with E-state index in [0.29, 0.717) is 0 Å². The van der Waals surface area contributed by atoms with Gasteiger partial charge in [0.2, 0.25) is 0 Å². The SMILES string of the molecule is CCN1CCN(CCNC(=NC)NCc2ccnn2C)CC1.I. The molecule has 23 heavy (non-hydrogen) atoms. The maximum Gasteiger partial charge on any atom is 0.191 e. The second-order valence-corrected chi connectivity index (χ2v) is 5.57. The third-order valence-corrected chi connectivity index (χ3v) is 4.22. The molecule has 2 rings (SSSR count). The van der Waals surface area contributed by atoms with Gasteiger partial charge in [0, 0.05) is 59.6 Å². The second-order valence-electron chi connectivity index (χ2n) is 5.57. The molecule has 132 valence electrons. The monoisotopic (exact) mass is 435 g/mol. The van der Waals surface area contributed by atoms with Crippen LogP contribution in [0.1, 0.15) is 12.6 Å². The van der Waals surface area contributed by atoms with E-state index in [1.165, 1.54) is 13.1 Å². The number of rotatable bonds is 6. The fourth-order valence-electron chi connectivity index (χ4n) is 2.63. The molecule has 1 aromatic heterocycles. The highest BCUT2D eigenvalue weighted by Crippen LogP contribution is 2.00. The molecule has 1 aromatic rings. The summed E-state index contributed by atoms with van der Waals surface area (Å²) in [5.74, 6) is 0.841. The molecular formula is C15H30IN7. The van der Waals surface area contributed by atoms with Crippen molar-refractivity contribution < 1.29 is 0 Å². The first-order valence-corrected chi connectivity index (χ1v) is 8.09. The number of guanidine groups is 1. The zero-order chi connectivity index (χ0) is 15.8. The summed E-state index contributed by atoms with van der Waals surface area (Å²) in [5, 5.41) is 10.9. The van der Waals surface area contributed by atoms with Crippen LogP contribution in [-0.2, 0) is 13.6 Å². The summed E-state index contributed by atoms with van der Waals surface area (Å²) in [4.78, 5) is 9.27. The average Bonchev–Trinajstić information content (AvgIpc) is 2.96. The van der Waals surface area contributed by atoms with Gasteiger partial charge in [-0.05, 0) is 12.6 Å². The summed E-state index contributed by atoms with van der Waals surface area (Å²) in [6.07, 6.45) is 1.81. The van der Waals surface area contributed by atoms with Gasteiger partial charge >= 0.3 is 0 Å². The molecule has 0 unspecified atom stereocenters. The summed E-state index contributed by atoms with van der Waals surface area (Å²) >= 11 is 0. The summed E-state index contributed by atoms with van der Waals surface area (Å²) in [6, 6.07) is 2.01. The molecule has 2 heterocycles. The van der Waals surface area contributed by atoms with Crippen molar-refractivity contribution in [2.75, 3.05) is 52.9 Å². The molecule has 0 aromatic carbocycles. The van der Waals surface area contributed by atoms with Gasteiger partial charge in [-0.15, -0.1) is 24.0 Å². The molecule has 0 aliphatic carbocycles. The van der Waals surface area contributed by atoms with Crippen molar-refractivity contribution in [1.82, 2.24) is 30.2 Å². The number of nitrogens with one attached hydrogen (secondary N) is 2. The summed E-state index contributed by atoms with van der Waals surface area (Å²) in [7, 11) is 3.75. The van der Waals surface area contributed by atoms with E-state index in [0.717, 1.165) is 50.9 Å². The van der Waals surface area contributed by atoms with Crippen LogP contribution in [0.15, 0.2) is 17.3 Å². The van der Waals surface area contributed by atoms with Gasteiger partial charge in [0.15, 0.2) is 5.96 Å². The molecule has 1 saturated heterocycles. The summed E-state index contributed by atoms with van der Waals surface area (Å²) in [6.45, 7) is 10.8. The van der Waals surface area contributed by atoms with Gasteiger partial charge in [0.25, 0.3) is 0 Å². The molecule has 1 aliphatic heterocycles. The van der Waals surface area contributed by atoms with Crippen LogP contribution in [0.2, 0.25) is 0 Å². The van der Waals surface area contributed by atoms with E-state index < -0.39 is 0 Å². The van der Waals surface area contributed by atoms with Crippen LogP contribution in [0.4, 0.5) is 0 Å². The van der Waals surface area contributed by atoms with Crippen LogP contribution < -0.4 is 10.6 Å². The quantitative estimate of drug-likeness (QED) is 0.384. The Morgan fingerprint density at radius 3 is 2.48 bits per heavy atom. The minimum absolute atomic E-state index is 0. The van der Waals surface area contributed by atoms with E-state index in [1.54, 1.807) is 7.05 Å². The number of hydrogen-bond donors (Lipinski definition) is 2. The zero-order valence-corrected chi connectivity index (χ0v) is 16.8. The van der Waals surface area contributed by atoms with Gasteiger partial charge in [-0.3, -0.25) is 14.6 Å². The van der Waals surface area contributed by atoms with Gasteiger partial charge in [-0.2, -0.15) is 5.10 Å². The first kappa shape index (κ1) is 20.2. The highest BCUT2D eigenvalue weighted by Gasteiger charge is 2.14. The first-order chi connectivity index (χ1) is 10.7. The van der Waals surface area contributed by atoms with Crippen molar-refractivity contribution in [3.8, 4) is 0 Å². The van der Waals surface area contributed by atoms with Crippen LogP contribution >= 0.6 is 24.0 Å². The zero-order valence-electron chi connectivity index (χ0n) is 14.5. The molecule has 0 spiro atoms. The van der Waals surface area contributed by atoms with E-state index in [4.69, 9.17) is 0 Å². The van der Waals surface area contributed by atoms with Gasteiger partial charge in [0.05, 0.1) is 12.2 Å². The van der Waals surface area contributed by atoms with Crippen LogP contribution in [0.5, 0.6) is 0 Å². The Morgan fingerprint density at radius 1 is 1.22 bits per heavy atom. The standard InChI is InChI=1S/C15H29N7.HI/c1-4-21-9-11-22(12-10-21)8-7-17-15(16-2)18-13-14-5-6-19-20(14)3;/h5-6H,4,7-13H2,1-3H3,(H2,16,17,18);1H. The van der Waals surface area contributed by atoms with Gasteiger partial charge in [-0.25, -0.2) is 0 Å². The molecule has 0 atom stereocenters. The molecule has 2 N–H and O–H groups in total. The molecule has 7 nitrogen and oxygen atoms in total. The lowest BCUT2D eigenvalue weighted by molar-refractivity contribution is 0.139. The number of hydrogen-bond acceptors (Lipinski definition) is 4. The van der Waals surface area contributed by atoms with E-state index in [1.807, 2.05) is 24.0 Å². The summed E-state index contributed by atoms with van der Waals surface area (Å²) in [5.41, 5.74) is 1.14. The topological polar surface area (TPSA) is 60.7 Å². The fraction of sp³-hybridized carbons (Fsp3) is 0.733. The number of likely N-dealkylation sites (N-methyl/N-ethyl adjacent to an activating group) is 1. The molecular weight excluding hydrogens is 405 g/mol. The number of nitrogens with zero attached hydrogens (tertiary/aromatic N) is 5. The van der Waals surface area contributed by atoms with E-state index in [9.17, 15) is 0 Å². The Bertz CT molecular complexity index is 466. The van der Waals surface area contributed by atoms with Gasteiger partial charge in [0.1, 0.15) is 0 Å². The lowest BCUT2D eigenvalue weighted by Gasteiger charge is -2.34. The molecule has 0 radical (unpaired) electrons. The minimum Gasteiger partial charge on any atom is -0.355 e. The predicted octanol–water partition coefficient (Wildman–Crippen LogP) is 0.341. The van der Waals surface area contributed by atoms with Crippen molar-refractivity contribution in [3.63, 3.8) is 0 Å². The molecule has 1 fully saturated rings. The van der Waals surface area contributed by atoms with Gasteiger partial charge < -0.3 is 15.5 Å². The largest absolute Gasteiger partial charge is 0.355 e. The highest BCUT2D eigenvalue weighted by atomic mass is 127. The fourth-order valence-corrected chi connectivity index (χ4v) is 2.63. The molecule has 1 aliphatic rings. The van der Waals surface area contributed by atoms with Crippen LogP contribution in [0, 0.1) is 0 Å². The Labute approximate surface area is 156 Å². The maximum absolute atomic E-state index is 4.26. The molecule has 0 saturated carbocycles. The Kier molecular flexibility index (Phi) is 9.49. The maximum atomic E-state index is 4.26. The summed E-state index contributed by atoms with van der Waals surface area (Å²) < 4.78 is 1.87. The predicted molar refractivity (Wildman–Crippen MR) is 105 cm³/mol. The first-order valence-electron chi connectivity index (χ1n) is 8.09. The van der Waals surface area contributed by atoms with Crippen LogP contribution in [0.3, 0.4) is 0 Å². The number of aromatic nitrogens is 2. The lowest BCUT2D eigenvalue weighted by atomic mass is 10.3. The van der Waals surface area contributed by atoms with Crippen molar-refractivity contribution >= 4 is 29.9 Å². The lowest BCUT2D eigenvalue weighted by Crippen LogP contribution is -2.49. The third-order valence-electron chi connectivity index (χ3n) is 4.22. The molecule has 8 heteroatoms. The van der Waals surface area contributed by atoms with E-state index >= 15 is 0 Å². The highest BCUT2D eigenvalue weighted by molar-refractivity contribution is 14.0. The smallest absolute Gasteiger partial charge is 0.191 e. The van der Waals surface area contributed by atoms with Crippen LogP contribution in [0.25, 0.3) is 0 Å². The normalized spacial score (nSPS) is 16.9. The van der Waals surface area contributed by atoms with Gasteiger partial charge in [-0.1, -0.05) is 6.92 Å². The number of aryl methyl sites for hydroxylation is 1. The Hall–Kier alpha value is -0.870. The number of halogens is 1. The van der Waals surface area contributed by atoms with Crippen LogP contribution in [-0.4, -0.2) is 78.4 Å². The van der Waals surface area contributed by atoms with Crippen molar-refractivity contribution in [2.24, 2.45) is 12.0 Å². The average molecular weight is 435 g/mol. The van der Waals surface area contributed by atoms with E-state index in [-0.39, 0.29) is 24.0 Å². The Balaban J connectivity index is 0.00000264. The second kappa shape index (κ2) is 10.8. The van der Waals surface area contributed by atoms with Crippen molar-refractivity contribution in [2.45, 2.75) is 13.5 Å². The van der Waals surface area contributed by atoms with E-state index in [2.05, 4.69) is 37.4 Å². The minimum atomic E-state index is 0. The Morgan fingerprint density at radius 2 is 1.91 bits per heavy atom. The third kappa shape index (κ3) is 6.64. The number of piperazine rings is 1.